The summed E-state index contributed by atoms with van der Waals surface area (Å²) in [4.78, 5) is 16.7. The molecular formula is C18H17N3O4S2. The first-order chi connectivity index (χ1) is 12.9. The van der Waals surface area contributed by atoms with Crippen molar-refractivity contribution in [1.29, 1.82) is 0 Å². The first-order valence-electron chi connectivity index (χ1n) is 7.85. The number of carbonyl (C=O) groups excluding carboxylic acids is 1. The van der Waals surface area contributed by atoms with Gasteiger partial charge in [-0.2, -0.15) is 0 Å². The minimum absolute atomic E-state index is 0.0571. The third kappa shape index (κ3) is 4.50. The lowest BCUT2D eigenvalue weighted by Gasteiger charge is -2.09. The number of carbonyl (C=O) groups is 1. The molecule has 0 saturated heterocycles. The molecule has 0 aliphatic rings. The second-order valence-electron chi connectivity index (χ2n) is 5.57. The maximum atomic E-state index is 12.5. The van der Waals surface area contributed by atoms with Gasteiger partial charge in [-0.3, -0.25) is 4.72 Å². The van der Waals surface area contributed by atoms with Crippen LogP contribution in [0.1, 0.15) is 10.4 Å². The van der Waals surface area contributed by atoms with E-state index in [-0.39, 0.29) is 10.5 Å². The predicted molar refractivity (Wildman–Crippen MR) is 102 cm³/mol. The molecule has 9 heteroatoms. The summed E-state index contributed by atoms with van der Waals surface area (Å²) in [6.07, 6.45) is 3.58. The lowest BCUT2D eigenvalue weighted by molar-refractivity contribution is 0.0600. The SMILES string of the molecule is COC(=O)c1ccc(S(=O)(=O)Nc2ccc(Sc3nccn3C)cc2)cc1. The summed E-state index contributed by atoms with van der Waals surface area (Å²) in [6, 6.07) is 12.5. The van der Waals surface area contributed by atoms with Crippen LogP contribution in [0.5, 0.6) is 0 Å². The van der Waals surface area contributed by atoms with Gasteiger partial charge in [-0.15, -0.1) is 0 Å². The van der Waals surface area contributed by atoms with Gasteiger partial charge in [0.15, 0.2) is 5.16 Å². The Morgan fingerprint density at radius 2 is 1.78 bits per heavy atom. The fourth-order valence-electron chi connectivity index (χ4n) is 2.25. The predicted octanol–water partition coefficient (Wildman–Crippen LogP) is 3.16. The number of benzene rings is 2. The van der Waals surface area contributed by atoms with Crippen molar-refractivity contribution in [3.05, 3.63) is 66.5 Å². The number of rotatable bonds is 6. The molecule has 0 fully saturated rings. The molecule has 0 radical (unpaired) electrons. The van der Waals surface area contributed by atoms with E-state index in [9.17, 15) is 13.2 Å². The van der Waals surface area contributed by atoms with E-state index in [0.717, 1.165) is 10.1 Å². The fraction of sp³-hybridized carbons (Fsp3) is 0.111. The van der Waals surface area contributed by atoms with Gasteiger partial charge in [0.2, 0.25) is 0 Å². The number of sulfonamides is 1. The van der Waals surface area contributed by atoms with E-state index in [0.29, 0.717) is 5.69 Å². The first-order valence-corrected chi connectivity index (χ1v) is 10.2. The average Bonchev–Trinajstić information content (AvgIpc) is 3.07. The smallest absolute Gasteiger partial charge is 0.337 e. The van der Waals surface area contributed by atoms with Gasteiger partial charge in [-0.1, -0.05) is 11.8 Å². The van der Waals surface area contributed by atoms with Crippen molar-refractivity contribution in [1.82, 2.24) is 9.55 Å². The molecule has 0 spiro atoms. The molecule has 0 bridgehead atoms. The summed E-state index contributed by atoms with van der Waals surface area (Å²) in [5, 5.41) is 0.842. The maximum Gasteiger partial charge on any atom is 0.337 e. The van der Waals surface area contributed by atoms with E-state index >= 15 is 0 Å². The Hall–Kier alpha value is -2.78. The minimum Gasteiger partial charge on any atom is -0.465 e. The van der Waals surface area contributed by atoms with Crippen LogP contribution in [0.2, 0.25) is 0 Å². The molecule has 140 valence electrons. The van der Waals surface area contributed by atoms with E-state index < -0.39 is 16.0 Å². The van der Waals surface area contributed by atoms with Gasteiger partial charge in [0.1, 0.15) is 0 Å². The zero-order valence-corrected chi connectivity index (χ0v) is 16.3. The number of nitrogens with one attached hydrogen (secondary N) is 1. The molecule has 0 unspecified atom stereocenters. The van der Waals surface area contributed by atoms with Crippen LogP contribution in [0.4, 0.5) is 5.69 Å². The summed E-state index contributed by atoms with van der Waals surface area (Å²) < 4.78 is 34.0. The van der Waals surface area contributed by atoms with Gasteiger partial charge in [-0.05, 0) is 48.5 Å². The van der Waals surface area contributed by atoms with Crippen LogP contribution >= 0.6 is 11.8 Å². The number of esters is 1. The highest BCUT2D eigenvalue weighted by Crippen LogP contribution is 2.27. The number of aromatic nitrogens is 2. The van der Waals surface area contributed by atoms with Crippen LogP contribution in [0.15, 0.2) is 75.9 Å². The molecule has 1 N–H and O–H groups in total. The number of hydrogen-bond acceptors (Lipinski definition) is 6. The van der Waals surface area contributed by atoms with Crippen molar-refractivity contribution in [2.24, 2.45) is 7.05 Å². The molecule has 0 saturated carbocycles. The molecule has 0 atom stereocenters. The largest absolute Gasteiger partial charge is 0.465 e. The number of aryl methyl sites for hydroxylation is 1. The highest BCUT2D eigenvalue weighted by Gasteiger charge is 2.15. The molecule has 27 heavy (non-hydrogen) atoms. The van der Waals surface area contributed by atoms with Gasteiger partial charge in [0.25, 0.3) is 10.0 Å². The van der Waals surface area contributed by atoms with Gasteiger partial charge in [0.05, 0.1) is 17.6 Å². The van der Waals surface area contributed by atoms with Crippen LogP contribution < -0.4 is 4.72 Å². The maximum absolute atomic E-state index is 12.5. The molecule has 1 heterocycles. The zero-order chi connectivity index (χ0) is 19.4. The number of imidazole rings is 1. The van der Waals surface area contributed by atoms with Gasteiger partial charge in [0, 0.05) is 30.0 Å². The summed E-state index contributed by atoms with van der Waals surface area (Å²) in [5.74, 6) is -0.521. The number of ether oxygens (including phenoxy) is 1. The van der Waals surface area contributed by atoms with E-state index in [1.165, 1.54) is 43.1 Å². The third-order valence-electron chi connectivity index (χ3n) is 3.68. The Bertz CT molecular complexity index is 1040. The molecule has 3 rings (SSSR count). The third-order valence-corrected chi connectivity index (χ3v) is 6.16. The topological polar surface area (TPSA) is 90.3 Å². The van der Waals surface area contributed by atoms with E-state index in [1.807, 2.05) is 29.9 Å². The van der Waals surface area contributed by atoms with Gasteiger partial charge in [-0.25, -0.2) is 18.2 Å². The van der Waals surface area contributed by atoms with Crippen LogP contribution in [-0.4, -0.2) is 31.0 Å². The molecular weight excluding hydrogens is 386 g/mol. The zero-order valence-electron chi connectivity index (χ0n) is 14.6. The average molecular weight is 403 g/mol. The molecule has 1 aromatic heterocycles. The Kier molecular flexibility index (Phi) is 5.52. The van der Waals surface area contributed by atoms with Crippen molar-refractivity contribution in [3.8, 4) is 0 Å². The van der Waals surface area contributed by atoms with Crippen molar-refractivity contribution in [2.45, 2.75) is 14.9 Å². The van der Waals surface area contributed by atoms with E-state index in [4.69, 9.17) is 0 Å². The molecule has 7 nitrogen and oxygen atoms in total. The molecule has 0 aliphatic heterocycles. The highest BCUT2D eigenvalue weighted by molar-refractivity contribution is 7.99. The first kappa shape index (κ1) is 19.0. The number of methoxy groups -OCH3 is 1. The van der Waals surface area contributed by atoms with Crippen LogP contribution in [0.3, 0.4) is 0 Å². The molecule has 2 aromatic carbocycles. The minimum atomic E-state index is -3.76. The molecule has 3 aromatic rings. The van der Waals surface area contributed by atoms with Gasteiger partial charge < -0.3 is 9.30 Å². The van der Waals surface area contributed by atoms with Crippen molar-refractivity contribution in [3.63, 3.8) is 0 Å². The summed E-state index contributed by atoms with van der Waals surface area (Å²) in [7, 11) is -0.583. The monoisotopic (exact) mass is 403 g/mol. The normalized spacial score (nSPS) is 11.2. The Morgan fingerprint density at radius 3 is 2.33 bits per heavy atom. The van der Waals surface area contributed by atoms with Crippen LogP contribution in [0.25, 0.3) is 0 Å². The number of nitrogens with zero attached hydrogens (tertiary/aromatic N) is 2. The molecule has 0 aliphatic carbocycles. The van der Waals surface area contributed by atoms with Crippen molar-refractivity contribution >= 4 is 33.4 Å². The van der Waals surface area contributed by atoms with Crippen LogP contribution in [-0.2, 0) is 21.8 Å². The second kappa shape index (κ2) is 7.85. The fourth-order valence-corrected chi connectivity index (χ4v) is 4.11. The van der Waals surface area contributed by atoms with E-state index in [2.05, 4.69) is 14.4 Å². The Morgan fingerprint density at radius 1 is 1.11 bits per heavy atom. The van der Waals surface area contributed by atoms with Gasteiger partial charge >= 0.3 is 5.97 Å². The van der Waals surface area contributed by atoms with E-state index in [1.54, 1.807) is 18.3 Å². The lowest BCUT2D eigenvalue weighted by Crippen LogP contribution is -2.13. The number of hydrogen-bond donors (Lipinski definition) is 1. The van der Waals surface area contributed by atoms with Crippen molar-refractivity contribution in [2.75, 3.05) is 11.8 Å². The lowest BCUT2D eigenvalue weighted by atomic mass is 10.2. The van der Waals surface area contributed by atoms with Crippen LogP contribution in [0, 0.1) is 0 Å². The number of anilines is 1. The second-order valence-corrected chi connectivity index (χ2v) is 8.29. The Labute approximate surface area is 161 Å². The Balaban J connectivity index is 1.72. The summed E-state index contributed by atoms with van der Waals surface area (Å²) in [5.41, 5.74) is 0.725. The standard InChI is InChI=1S/C18H17N3O4S2/c1-21-12-11-19-18(21)26-15-7-5-14(6-8-15)20-27(23,24)16-9-3-13(4-10-16)17(22)25-2/h3-12,20H,1-2H3. The quantitative estimate of drug-likeness (QED) is 0.636. The van der Waals surface area contributed by atoms with Crippen molar-refractivity contribution < 1.29 is 17.9 Å². The molecule has 0 amide bonds. The summed E-state index contributed by atoms with van der Waals surface area (Å²) >= 11 is 1.48. The summed E-state index contributed by atoms with van der Waals surface area (Å²) in [6.45, 7) is 0. The highest BCUT2D eigenvalue weighted by atomic mass is 32.2.